The molecule has 19 heavy (non-hydrogen) atoms. The molecule has 0 unspecified atom stereocenters. The third-order valence-corrected chi connectivity index (χ3v) is 4.67. The predicted octanol–water partition coefficient (Wildman–Crippen LogP) is 3.36. The summed E-state index contributed by atoms with van der Waals surface area (Å²) in [7, 11) is -4.52. The van der Waals surface area contributed by atoms with Crippen molar-refractivity contribution in [3.63, 3.8) is 0 Å². The van der Waals surface area contributed by atoms with Gasteiger partial charge >= 0.3 is 5.76 Å². The van der Waals surface area contributed by atoms with E-state index in [9.17, 15) is 17.2 Å². The zero-order valence-electron chi connectivity index (χ0n) is 10.7. The molecule has 0 radical (unpaired) electrons. The molecule has 0 aliphatic rings. The number of anilines is 1. The molecule has 0 bridgehead atoms. The maximum absolute atomic E-state index is 12.3. The van der Waals surface area contributed by atoms with Gasteiger partial charge in [-0.1, -0.05) is 13.8 Å². The lowest BCUT2D eigenvalue weighted by Crippen LogP contribution is -2.24. The van der Waals surface area contributed by atoms with Gasteiger partial charge in [0.05, 0.1) is 4.90 Å². The van der Waals surface area contributed by atoms with Gasteiger partial charge in [-0.15, -0.1) is 11.6 Å². The number of rotatable bonds is 6. The van der Waals surface area contributed by atoms with E-state index in [0.29, 0.717) is 18.1 Å². The Morgan fingerprint density at radius 2 is 1.79 bits per heavy atom. The average Bonchev–Trinajstić information content (AvgIpc) is 2.37. The first-order valence-corrected chi connectivity index (χ1v) is 7.69. The second-order valence-electron chi connectivity index (χ2n) is 4.98. The van der Waals surface area contributed by atoms with E-state index in [4.69, 9.17) is 11.6 Å². The third-order valence-electron chi connectivity index (χ3n) is 2.55. The van der Waals surface area contributed by atoms with Crippen molar-refractivity contribution in [1.29, 1.82) is 0 Å². The number of hydrogen-bond donors (Lipinski definition) is 1. The van der Waals surface area contributed by atoms with Gasteiger partial charge in [-0.05, 0) is 29.7 Å². The summed E-state index contributed by atoms with van der Waals surface area (Å²) in [4.78, 5) is -0.385. The Kier molecular flexibility index (Phi) is 5.15. The van der Waals surface area contributed by atoms with Crippen molar-refractivity contribution in [3.05, 3.63) is 24.3 Å². The van der Waals surface area contributed by atoms with Crippen LogP contribution in [0.5, 0.6) is 0 Å². The molecule has 7 heteroatoms. The number of nitrogens with one attached hydrogen (secondary N) is 1. The summed E-state index contributed by atoms with van der Waals surface area (Å²) in [6.45, 7) is 4.54. The van der Waals surface area contributed by atoms with Crippen molar-refractivity contribution in [1.82, 2.24) is 0 Å². The van der Waals surface area contributed by atoms with Gasteiger partial charge in [0, 0.05) is 18.1 Å². The van der Waals surface area contributed by atoms with Crippen LogP contribution in [0.3, 0.4) is 0 Å². The van der Waals surface area contributed by atoms with Gasteiger partial charge < -0.3 is 5.32 Å². The Balaban J connectivity index is 2.78. The Bertz CT molecular complexity index is 515. The topological polar surface area (TPSA) is 46.2 Å². The summed E-state index contributed by atoms with van der Waals surface area (Å²) in [6, 6.07) is 5.24. The molecule has 0 aliphatic carbocycles. The van der Waals surface area contributed by atoms with Crippen molar-refractivity contribution in [2.75, 3.05) is 17.7 Å². The van der Waals surface area contributed by atoms with Gasteiger partial charge in [0.15, 0.2) is 0 Å². The van der Waals surface area contributed by atoms with Crippen LogP contribution in [0.4, 0.5) is 14.5 Å². The fourth-order valence-corrected chi connectivity index (χ4v) is 2.07. The second-order valence-corrected chi connectivity index (χ2v) is 7.17. The Morgan fingerprint density at radius 1 is 1.26 bits per heavy atom. The number of sulfone groups is 1. The molecule has 1 aromatic rings. The summed E-state index contributed by atoms with van der Waals surface area (Å²) in [6.07, 6.45) is 0. The second kappa shape index (κ2) is 6.05. The normalized spacial score (nSPS) is 12.7. The zero-order chi connectivity index (χ0) is 14.7. The standard InChI is InChI=1S/C12H16ClF2NO2S/c1-12(2,7-13)8-16-9-3-5-10(6-4-9)19(17,18)11(14)15/h3-6,11,16H,7-8H2,1-2H3. The first-order chi connectivity index (χ1) is 8.69. The molecular formula is C12H16ClF2NO2S. The van der Waals surface area contributed by atoms with E-state index in [-0.39, 0.29) is 10.3 Å². The van der Waals surface area contributed by atoms with Crippen LogP contribution in [-0.2, 0) is 9.84 Å². The van der Waals surface area contributed by atoms with Gasteiger partial charge in [-0.2, -0.15) is 8.78 Å². The molecule has 1 aromatic carbocycles. The Morgan fingerprint density at radius 3 is 2.21 bits per heavy atom. The number of alkyl halides is 3. The largest absolute Gasteiger partial charge is 0.384 e. The number of hydrogen-bond acceptors (Lipinski definition) is 3. The third kappa shape index (κ3) is 4.31. The lowest BCUT2D eigenvalue weighted by atomic mass is 9.96. The van der Waals surface area contributed by atoms with Crippen molar-refractivity contribution >= 4 is 27.1 Å². The van der Waals surface area contributed by atoms with E-state index >= 15 is 0 Å². The molecule has 0 heterocycles. The fourth-order valence-electron chi connectivity index (χ4n) is 1.25. The SMILES string of the molecule is CC(C)(CCl)CNc1ccc(S(=O)(=O)C(F)F)cc1. The summed E-state index contributed by atoms with van der Waals surface area (Å²) < 4.78 is 47.1. The van der Waals surface area contributed by atoms with E-state index < -0.39 is 15.6 Å². The van der Waals surface area contributed by atoms with Gasteiger partial charge in [-0.25, -0.2) is 8.42 Å². The molecule has 0 fully saturated rings. The monoisotopic (exact) mass is 311 g/mol. The minimum Gasteiger partial charge on any atom is -0.384 e. The van der Waals surface area contributed by atoms with E-state index in [1.54, 1.807) is 0 Å². The van der Waals surface area contributed by atoms with Crippen LogP contribution in [0.2, 0.25) is 0 Å². The average molecular weight is 312 g/mol. The molecule has 0 saturated carbocycles. The summed E-state index contributed by atoms with van der Waals surface area (Å²) in [5.41, 5.74) is 0.543. The highest BCUT2D eigenvalue weighted by Crippen LogP contribution is 2.22. The smallest absolute Gasteiger partial charge is 0.341 e. The first-order valence-electron chi connectivity index (χ1n) is 5.61. The molecule has 0 amide bonds. The highest BCUT2D eigenvalue weighted by molar-refractivity contribution is 7.91. The minimum absolute atomic E-state index is 0.116. The Labute approximate surface area is 116 Å². The van der Waals surface area contributed by atoms with Crippen LogP contribution >= 0.6 is 11.6 Å². The zero-order valence-corrected chi connectivity index (χ0v) is 12.2. The highest BCUT2D eigenvalue weighted by atomic mass is 35.5. The van der Waals surface area contributed by atoms with Crippen molar-refractivity contribution in [2.45, 2.75) is 24.5 Å². The van der Waals surface area contributed by atoms with Crippen LogP contribution in [0.1, 0.15) is 13.8 Å². The first kappa shape index (κ1) is 16.2. The van der Waals surface area contributed by atoms with Crippen molar-refractivity contribution in [3.8, 4) is 0 Å². The maximum atomic E-state index is 12.3. The quantitative estimate of drug-likeness (QED) is 0.819. The van der Waals surface area contributed by atoms with E-state index in [1.165, 1.54) is 12.1 Å². The molecule has 0 aromatic heterocycles. The van der Waals surface area contributed by atoms with Crippen LogP contribution in [0, 0.1) is 5.41 Å². The molecule has 0 atom stereocenters. The van der Waals surface area contributed by atoms with Crippen LogP contribution < -0.4 is 5.32 Å². The van der Waals surface area contributed by atoms with E-state index in [2.05, 4.69) is 5.32 Å². The van der Waals surface area contributed by atoms with Gasteiger partial charge in [0.2, 0.25) is 9.84 Å². The molecular weight excluding hydrogens is 296 g/mol. The van der Waals surface area contributed by atoms with Crippen LogP contribution in [0.15, 0.2) is 29.2 Å². The summed E-state index contributed by atoms with van der Waals surface area (Å²) >= 11 is 5.78. The highest BCUT2D eigenvalue weighted by Gasteiger charge is 2.26. The van der Waals surface area contributed by atoms with Crippen molar-refractivity contribution < 1.29 is 17.2 Å². The lowest BCUT2D eigenvalue weighted by Gasteiger charge is -2.22. The van der Waals surface area contributed by atoms with Crippen molar-refractivity contribution in [2.24, 2.45) is 5.41 Å². The fraction of sp³-hybridized carbons (Fsp3) is 0.500. The number of benzene rings is 1. The molecule has 0 aliphatic heterocycles. The minimum atomic E-state index is -4.52. The molecule has 1 rings (SSSR count). The maximum Gasteiger partial charge on any atom is 0.341 e. The van der Waals surface area contributed by atoms with E-state index in [0.717, 1.165) is 12.1 Å². The predicted molar refractivity (Wildman–Crippen MR) is 72.6 cm³/mol. The molecule has 3 nitrogen and oxygen atoms in total. The molecule has 0 spiro atoms. The van der Waals surface area contributed by atoms with Gasteiger partial charge in [0.1, 0.15) is 0 Å². The van der Waals surface area contributed by atoms with Gasteiger partial charge in [0.25, 0.3) is 0 Å². The summed E-state index contributed by atoms with van der Waals surface area (Å²) in [5.74, 6) is -2.93. The lowest BCUT2D eigenvalue weighted by molar-refractivity contribution is 0.234. The van der Waals surface area contributed by atoms with Crippen LogP contribution in [0.25, 0.3) is 0 Å². The van der Waals surface area contributed by atoms with Crippen LogP contribution in [-0.4, -0.2) is 26.6 Å². The molecule has 1 N–H and O–H groups in total. The number of halogens is 3. The molecule has 108 valence electrons. The van der Waals surface area contributed by atoms with Gasteiger partial charge in [-0.3, -0.25) is 0 Å². The summed E-state index contributed by atoms with van der Waals surface area (Å²) in [5, 5.41) is 3.08. The Hall–Kier alpha value is -0.880. The molecule has 0 saturated heterocycles. The van der Waals surface area contributed by atoms with E-state index in [1.807, 2.05) is 13.8 Å².